The molecule has 1 fully saturated rings. The van der Waals surface area contributed by atoms with Crippen molar-refractivity contribution in [3.63, 3.8) is 0 Å². The van der Waals surface area contributed by atoms with Crippen LogP contribution in [0.5, 0.6) is 0 Å². The molecule has 0 radical (unpaired) electrons. The summed E-state index contributed by atoms with van der Waals surface area (Å²) in [5.41, 5.74) is 2.29. The molecule has 1 aromatic carbocycles. The van der Waals surface area contributed by atoms with Gasteiger partial charge in [0.25, 0.3) is 0 Å². The number of aliphatic hydroxyl groups is 1. The summed E-state index contributed by atoms with van der Waals surface area (Å²) in [4.78, 5) is 16.1. The highest BCUT2D eigenvalue weighted by atomic mass is 35.5. The molecule has 0 unspecified atom stereocenters. The number of aromatic amines is 2. The van der Waals surface area contributed by atoms with Crippen molar-refractivity contribution < 1.29 is 9.84 Å². The summed E-state index contributed by atoms with van der Waals surface area (Å²) in [6, 6.07) is 3.58. The summed E-state index contributed by atoms with van der Waals surface area (Å²) in [6.07, 6.45) is 19.6. The van der Waals surface area contributed by atoms with Crippen LogP contribution in [0.25, 0.3) is 11.0 Å². The molecule has 6 heteroatoms. The van der Waals surface area contributed by atoms with Crippen molar-refractivity contribution in [1.82, 2.24) is 9.97 Å². The minimum absolute atomic E-state index is 0.142. The summed E-state index contributed by atoms with van der Waals surface area (Å²) >= 11 is 5.86. The summed E-state index contributed by atoms with van der Waals surface area (Å²) in [5.74, 6) is 0. The second-order valence-corrected chi connectivity index (χ2v) is 5.30. The van der Waals surface area contributed by atoms with Gasteiger partial charge in [0.2, 0.25) is 0 Å². The molecule has 3 N–H and O–H groups in total. The fourth-order valence-electron chi connectivity index (χ4n) is 2.12. The molecule has 2 aromatic rings. The lowest BCUT2D eigenvalue weighted by Crippen LogP contribution is -2.22. The molecule has 1 aliphatic rings. The Morgan fingerprint density at radius 3 is 2.25 bits per heavy atom. The molecule has 0 spiro atoms. The van der Waals surface area contributed by atoms with E-state index >= 15 is 0 Å². The van der Waals surface area contributed by atoms with Gasteiger partial charge in [0.15, 0.2) is 0 Å². The van der Waals surface area contributed by atoms with Gasteiger partial charge >= 0.3 is 5.69 Å². The fourth-order valence-corrected chi connectivity index (χ4v) is 2.28. The van der Waals surface area contributed by atoms with Crippen molar-refractivity contribution in [2.24, 2.45) is 0 Å². The van der Waals surface area contributed by atoms with Crippen LogP contribution in [0.3, 0.4) is 0 Å². The Hall–Kier alpha value is -2.18. The zero-order valence-corrected chi connectivity index (χ0v) is 14.5. The molecule has 1 atom stereocenters. The molecule has 3 rings (SSSR count). The Kier molecular flexibility index (Phi) is 11.2. The van der Waals surface area contributed by atoms with Crippen molar-refractivity contribution in [3.8, 4) is 25.7 Å². The third-order valence-electron chi connectivity index (χ3n) is 3.27. The lowest BCUT2D eigenvalue weighted by Gasteiger charge is -2.19. The number of nitrogens with one attached hydrogen (secondary N) is 2. The first-order valence-electron chi connectivity index (χ1n) is 7.37. The Labute approximate surface area is 147 Å². The molecule has 0 bridgehead atoms. The number of rotatable bonds is 1. The van der Waals surface area contributed by atoms with Gasteiger partial charge in [0.05, 0.1) is 23.7 Å². The summed E-state index contributed by atoms with van der Waals surface area (Å²) in [6.45, 7) is 2.93. The zero-order valence-electron chi connectivity index (χ0n) is 13.7. The van der Waals surface area contributed by atoms with Gasteiger partial charge in [-0.05, 0) is 43.9 Å². The standard InChI is InChI=1S/C8H7ClN2O.C6H12O2.2C2H2/c1-4-2-6-7(3-5(4)9)11-8(12)10-6;7-5-6-3-1-2-4-8-6;2*1-2/h2-3H,1H3,(H2,10,11,12);6-7H,1-5H2;2*1-2H/t;6-;;/m.0../s1. The van der Waals surface area contributed by atoms with Gasteiger partial charge in [-0.15, -0.1) is 25.7 Å². The SMILES string of the molecule is C#C.C#C.Cc1cc2[nH]c(=O)[nH]c2cc1Cl.OC[C@@H]1CCCCO1. The molecule has 1 saturated heterocycles. The second kappa shape index (κ2) is 12.3. The number of aliphatic hydroxyl groups excluding tert-OH is 1. The van der Waals surface area contributed by atoms with Crippen LogP contribution in [0, 0.1) is 32.6 Å². The number of ether oxygens (including phenoxy) is 1. The maximum Gasteiger partial charge on any atom is 0.323 e. The van der Waals surface area contributed by atoms with Crippen LogP contribution in [-0.4, -0.2) is 34.4 Å². The number of fused-ring (bicyclic) bond motifs is 1. The Balaban J connectivity index is 0.000000385. The van der Waals surface area contributed by atoms with E-state index in [2.05, 4.69) is 35.7 Å². The quantitative estimate of drug-likeness (QED) is 0.692. The molecule has 1 aliphatic heterocycles. The molecular formula is C18H23ClN2O3. The number of aromatic nitrogens is 2. The van der Waals surface area contributed by atoms with Crippen molar-refractivity contribution in [2.75, 3.05) is 13.2 Å². The molecule has 130 valence electrons. The smallest absolute Gasteiger partial charge is 0.323 e. The number of imidazole rings is 1. The fraction of sp³-hybridized carbons (Fsp3) is 0.389. The third kappa shape index (κ3) is 6.93. The summed E-state index contributed by atoms with van der Waals surface area (Å²) in [7, 11) is 0. The molecular weight excluding hydrogens is 328 g/mol. The predicted molar refractivity (Wildman–Crippen MR) is 99.1 cm³/mol. The number of terminal acetylenes is 2. The molecule has 24 heavy (non-hydrogen) atoms. The molecule has 0 amide bonds. The van der Waals surface area contributed by atoms with Crippen LogP contribution in [0.4, 0.5) is 0 Å². The van der Waals surface area contributed by atoms with Crippen LogP contribution >= 0.6 is 11.6 Å². The molecule has 5 nitrogen and oxygen atoms in total. The summed E-state index contributed by atoms with van der Waals surface area (Å²) < 4.78 is 5.18. The zero-order chi connectivity index (χ0) is 18.5. The minimum atomic E-state index is -0.202. The molecule has 1 aromatic heterocycles. The van der Waals surface area contributed by atoms with E-state index in [1.807, 2.05) is 13.0 Å². The minimum Gasteiger partial charge on any atom is -0.394 e. The number of hydrogen-bond acceptors (Lipinski definition) is 3. The highest BCUT2D eigenvalue weighted by Gasteiger charge is 2.10. The second-order valence-electron chi connectivity index (χ2n) is 4.90. The maximum atomic E-state index is 10.9. The van der Waals surface area contributed by atoms with Crippen LogP contribution in [0.1, 0.15) is 24.8 Å². The Morgan fingerprint density at radius 1 is 1.21 bits per heavy atom. The van der Waals surface area contributed by atoms with E-state index in [1.165, 1.54) is 6.42 Å². The highest BCUT2D eigenvalue weighted by Crippen LogP contribution is 2.19. The van der Waals surface area contributed by atoms with Crippen LogP contribution < -0.4 is 5.69 Å². The highest BCUT2D eigenvalue weighted by molar-refractivity contribution is 6.32. The lowest BCUT2D eigenvalue weighted by molar-refractivity contribution is -0.0172. The van der Waals surface area contributed by atoms with Crippen molar-refractivity contribution >= 4 is 22.6 Å². The van der Waals surface area contributed by atoms with Crippen molar-refractivity contribution in [1.29, 1.82) is 0 Å². The van der Waals surface area contributed by atoms with Gasteiger partial charge in [-0.1, -0.05) is 11.6 Å². The van der Waals surface area contributed by atoms with E-state index in [0.29, 0.717) is 5.02 Å². The normalized spacial score (nSPS) is 15.7. The third-order valence-corrected chi connectivity index (χ3v) is 3.68. The van der Waals surface area contributed by atoms with E-state index in [9.17, 15) is 4.79 Å². The number of halogens is 1. The average molecular weight is 351 g/mol. The number of aryl methyl sites for hydroxylation is 1. The van der Waals surface area contributed by atoms with E-state index in [0.717, 1.165) is 36.0 Å². The summed E-state index contributed by atoms with van der Waals surface area (Å²) in [5, 5.41) is 9.23. The first kappa shape index (κ1) is 21.8. The number of benzene rings is 1. The first-order valence-corrected chi connectivity index (χ1v) is 7.75. The number of hydrogen-bond donors (Lipinski definition) is 3. The average Bonchev–Trinajstić information content (AvgIpc) is 2.99. The van der Waals surface area contributed by atoms with Crippen LogP contribution in [-0.2, 0) is 4.74 Å². The van der Waals surface area contributed by atoms with Gasteiger partial charge in [0, 0.05) is 11.6 Å². The van der Waals surface area contributed by atoms with Gasteiger partial charge in [-0.3, -0.25) is 0 Å². The first-order chi connectivity index (χ1) is 11.6. The van der Waals surface area contributed by atoms with Gasteiger partial charge < -0.3 is 19.8 Å². The van der Waals surface area contributed by atoms with Crippen molar-refractivity contribution in [2.45, 2.75) is 32.3 Å². The van der Waals surface area contributed by atoms with Gasteiger partial charge in [-0.25, -0.2) is 4.79 Å². The van der Waals surface area contributed by atoms with Crippen molar-refractivity contribution in [3.05, 3.63) is 33.2 Å². The maximum absolute atomic E-state index is 10.9. The topological polar surface area (TPSA) is 78.1 Å². The molecule has 0 aliphatic carbocycles. The molecule has 2 heterocycles. The monoisotopic (exact) mass is 350 g/mol. The van der Waals surface area contributed by atoms with E-state index < -0.39 is 0 Å². The lowest BCUT2D eigenvalue weighted by atomic mass is 10.1. The van der Waals surface area contributed by atoms with Gasteiger partial charge in [-0.2, -0.15) is 0 Å². The Morgan fingerprint density at radius 2 is 1.79 bits per heavy atom. The van der Waals surface area contributed by atoms with E-state index in [-0.39, 0.29) is 18.4 Å². The Bertz CT molecular complexity index is 646. The van der Waals surface area contributed by atoms with Crippen LogP contribution in [0.2, 0.25) is 5.02 Å². The van der Waals surface area contributed by atoms with E-state index in [1.54, 1.807) is 6.07 Å². The largest absolute Gasteiger partial charge is 0.394 e. The predicted octanol–water partition coefficient (Wildman–Crippen LogP) is 2.86. The van der Waals surface area contributed by atoms with E-state index in [4.69, 9.17) is 21.4 Å². The van der Waals surface area contributed by atoms with Crippen LogP contribution in [0.15, 0.2) is 16.9 Å². The van der Waals surface area contributed by atoms with Gasteiger partial charge in [0.1, 0.15) is 0 Å². The number of H-pyrrole nitrogens is 2. The molecule has 0 saturated carbocycles.